The lowest BCUT2D eigenvalue weighted by Crippen LogP contribution is -2.42. The number of hydrogen-bond donors (Lipinski definition) is 2. The van der Waals surface area contributed by atoms with Gasteiger partial charge in [0.25, 0.3) is 0 Å². The van der Waals surface area contributed by atoms with Gasteiger partial charge in [-0.3, -0.25) is 4.98 Å². The van der Waals surface area contributed by atoms with E-state index in [0.29, 0.717) is 12.2 Å². The highest BCUT2D eigenvalue weighted by atomic mass is 19.4. The molecule has 0 amide bonds. The van der Waals surface area contributed by atoms with E-state index >= 15 is 0 Å². The fourth-order valence-corrected chi connectivity index (χ4v) is 2.00. The Labute approximate surface area is 133 Å². The van der Waals surface area contributed by atoms with Crippen LogP contribution in [0.2, 0.25) is 0 Å². The lowest BCUT2D eigenvalue weighted by atomic mass is 10.1. The number of anilines is 1. The number of pyridine rings is 1. The van der Waals surface area contributed by atoms with Gasteiger partial charge in [-0.05, 0) is 18.9 Å². The molecule has 0 aromatic carbocycles. The van der Waals surface area contributed by atoms with Crippen LogP contribution in [0.5, 0.6) is 0 Å². The van der Waals surface area contributed by atoms with Crippen molar-refractivity contribution in [2.45, 2.75) is 31.2 Å². The molecular formula is C13H15F6N3O2. The van der Waals surface area contributed by atoms with E-state index in [0.717, 1.165) is 31.6 Å². The molecule has 1 aliphatic heterocycles. The molecule has 1 fully saturated rings. The third-order valence-electron chi connectivity index (χ3n) is 3.12. The molecule has 1 aliphatic rings. The van der Waals surface area contributed by atoms with Gasteiger partial charge in [0.15, 0.2) is 0 Å². The molecule has 3 N–H and O–H groups in total. The first-order chi connectivity index (χ1) is 10.9. The van der Waals surface area contributed by atoms with Crippen LogP contribution in [0.3, 0.4) is 0 Å². The minimum absolute atomic E-state index is 0.0262. The molecule has 1 atom stereocenters. The second-order valence-corrected chi connectivity index (χ2v) is 5.08. The maximum atomic E-state index is 12.5. The van der Waals surface area contributed by atoms with Crippen LogP contribution in [0, 0.1) is 0 Å². The van der Waals surface area contributed by atoms with Gasteiger partial charge in [0.2, 0.25) is 0 Å². The number of carboxylic acids is 1. The summed E-state index contributed by atoms with van der Waals surface area (Å²) in [4.78, 5) is 14.4. The first kappa shape index (κ1) is 20.0. The third kappa shape index (κ3) is 6.22. The zero-order chi connectivity index (χ0) is 18.5. The molecule has 5 nitrogen and oxygen atoms in total. The van der Waals surface area contributed by atoms with Gasteiger partial charge >= 0.3 is 18.3 Å². The maximum absolute atomic E-state index is 12.5. The minimum atomic E-state index is -5.08. The van der Waals surface area contributed by atoms with Crippen molar-refractivity contribution in [3.8, 4) is 0 Å². The van der Waals surface area contributed by atoms with E-state index in [1.807, 2.05) is 4.90 Å². The number of carboxylic acid groups (broad SMARTS) is 1. The second-order valence-electron chi connectivity index (χ2n) is 5.08. The van der Waals surface area contributed by atoms with Crippen LogP contribution in [0.15, 0.2) is 18.5 Å². The van der Waals surface area contributed by atoms with Crippen LogP contribution in [-0.2, 0) is 11.0 Å². The largest absolute Gasteiger partial charge is 0.490 e. The van der Waals surface area contributed by atoms with Crippen molar-refractivity contribution >= 4 is 11.7 Å². The first-order valence-electron chi connectivity index (χ1n) is 6.74. The Morgan fingerprint density at radius 3 is 2.29 bits per heavy atom. The molecule has 0 spiro atoms. The lowest BCUT2D eigenvalue weighted by molar-refractivity contribution is -0.192. The monoisotopic (exact) mass is 359 g/mol. The highest BCUT2D eigenvalue weighted by Gasteiger charge is 2.38. The molecule has 0 radical (unpaired) electrons. The van der Waals surface area contributed by atoms with E-state index in [-0.39, 0.29) is 6.04 Å². The van der Waals surface area contributed by atoms with E-state index in [1.54, 1.807) is 0 Å². The highest BCUT2D eigenvalue weighted by Crippen LogP contribution is 2.31. The van der Waals surface area contributed by atoms with Crippen LogP contribution < -0.4 is 10.6 Å². The van der Waals surface area contributed by atoms with Crippen LogP contribution in [0.1, 0.15) is 18.4 Å². The van der Waals surface area contributed by atoms with Crippen LogP contribution >= 0.6 is 0 Å². The van der Waals surface area contributed by atoms with Gasteiger partial charge in [0.05, 0.1) is 17.4 Å². The summed E-state index contributed by atoms with van der Waals surface area (Å²) in [5, 5.41) is 7.12. The summed E-state index contributed by atoms with van der Waals surface area (Å²) >= 11 is 0. The molecular weight excluding hydrogens is 344 g/mol. The predicted octanol–water partition coefficient (Wildman–Crippen LogP) is 2.66. The topological polar surface area (TPSA) is 79.5 Å². The second kappa shape index (κ2) is 7.69. The number of halogens is 6. The summed E-state index contributed by atoms with van der Waals surface area (Å²) in [5.74, 6) is -2.76. The summed E-state index contributed by atoms with van der Waals surface area (Å²) < 4.78 is 69.3. The van der Waals surface area contributed by atoms with Gasteiger partial charge in [0.1, 0.15) is 0 Å². The van der Waals surface area contributed by atoms with Crippen molar-refractivity contribution in [3.63, 3.8) is 0 Å². The Kier molecular flexibility index (Phi) is 6.41. The molecule has 2 rings (SSSR count). The van der Waals surface area contributed by atoms with Crippen molar-refractivity contribution in [1.29, 1.82) is 0 Å². The van der Waals surface area contributed by atoms with Gasteiger partial charge < -0.3 is 15.7 Å². The van der Waals surface area contributed by atoms with Crippen molar-refractivity contribution in [3.05, 3.63) is 24.0 Å². The van der Waals surface area contributed by atoms with Crippen molar-refractivity contribution in [2.24, 2.45) is 5.73 Å². The number of nitrogens with zero attached hydrogens (tertiary/aromatic N) is 2. The van der Waals surface area contributed by atoms with Gasteiger partial charge in [-0.25, -0.2) is 4.79 Å². The molecule has 1 aromatic heterocycles. The number of nitrogens with two attached hydrogens (primary N) is 1. The van der Waals surface area contributed by atoms with Crippen LogP contribution in [-0.4, -0.2) is 41.4 Å². The predicted molar refractivity (Wildman–Crippen MR) is 72.4 cm³/mol. The highest BCUT2D eigenvalue weighted by molar-refractivity contribution is 5.73. The number of hydrogen-bond acceptors (Lipinski definition) is 4. The zero-order valence-electron chi connectivity index (χ0n) is 12.2. The average molecular weight is 359 g/mol. The maximum Gasteiger partial charge on any atom is 0.490 e. The van der Waals surface area contributed by atoms with Gasteiger partial charge in [-0.1, -0.05) is 0 Å². The normalized spacial score (nSPS) is 18.6. The Morgan fingerprint density at radius 2 is 1.83 bits per heavy atom. The summed E-state index contributed by atoms with van der Waals surface area (Å²) in [5.41, 5.74) is 5.58. The quantitative estimate of drug-likeness (QED) is 0.754. The van der Waals surface area contributed by atoms with E-state index in [9.17, 15) is 26.3 Å². The van der Waals surface area contributed by atoms with Crippen molar-refractivity contribution in [1.82, 2.24) is 4.98 Å². The van der Waals surface area contributed by atoms with E-state index < -0.39 is 23.9 Å². The van der Waals surface area contributed by atoms with Crippen LogP contribution in [0.4, 0.5) is 32.0 Å². The smallest absolute Gasteiger partial charge is 0.475 e. The lowest BCUT2D eigenvalue weighted by Gasteiger charge is -2.32. The van der Waals surface area contributed by atoms with Crippen LogP contribution in [0.25, 0.3) is 0 Å². The van der Waals surface area contributed by atoms with Crippen molar-refractivity contribution in [2.75, 3.05) is 18.0 Å². The molecule has 0 aliphatic carbocycles. The summed E-state index contributed by atoms with van der Waals surface area (Å²) in [6.45, 7) is 1.32. The van der Waals surface area contributed by atoms with Gasteiger partial charge in [0, 0.05) is 25.3 Å². The average Bonchev–Trinajstić information content (AvgIpc) is 2.46. The molecule has 0 bridgehead atoms. The van der Waals surface area contributed by atoms with Gasteiger partial charge in [-0.15, -0.1) is 0 Å². The minimum Gasteiger partial charge on any atom is -0.475 e. The fourth-order valence-electron chi connectivity index (χ4n) is 2.00. The Hall–Kier alpha value is -2.04. The summed E-state index contributed by atoms with van der Waals surface area (Å²) in [6.07, 6.45) is -5.32. The van der Waals surface area contributed by atoms with Crippen molar-refractivity contribution < 1.29 is 36.2 Å². The first-order valence-corrected chi connectivity index (χ1v) is 6.74. The number of rotatable bonds is 1. The van der Waals surface area contributed by atoms with E-state index in [2.05, 4.69) is 4.98 Å². The molecule has 136 valence electrons. The van der Waals surface area contributed by atoms with E-state index in [1.165, 1.54) is 6.20 Å². The standard InChI is InChI=1S/C11H14F3N3.C2HF3O2/c12-11(13,14)8-4-10(6-16-5-8)17-3-1-2-9(15)7-17;3-2(4,5)1(6)7/h4-6,9H,1-3,7,15H2;(H,6,7)/t9-;/m0./s1. The molecule has 24 heavy (non-hydrogen) atoms. The molecule has 1 aromatic rings. The number of aliphatic carboxylic acids is 1. The number of piperidine rings is 1. The summed E-state index contributed by atoms with van der Waals surface area (Å²) in [7, 11) is 0. The Morgan fingerprint density at radius 1 is 1.25 bits per heavy atom. The Bertz CT molecular complexity index is 561. The number of aromatic nitrogens is 1. The SMILES string of the molecule is N[C@H]1CCCN(c2cncc(C(F)(F)F)c2)C1.O=C(O)C(F)(F)F. The number of carbonyl (C=O) groups is 1. The molecule has 11 heteroatoms. The number of alkyl halides is 6. The zero-order valence-corrected chi connectivity index (χ0v) is 12.2. The summed E-state index contributed by atoms with van der Waals surface area (Å²) in [6, 6.07) is 1.16. The molecule has 2 heterocycles. The van der Waals surface area contributed by atoms with Gasteiger partial charge in [-0.2, -0.15) is 26.3 Å². The molecule has 1 saturated heterocycles. The Balaban J connectivity index is 0.000000351. The molecule has 0 saturated carbocycles. The molecule has 0 unspecified atom stereocenters. The fraction of sp³-hybridized carbons (Fsp3) is 0.538. The van der Waals surface area contributed by atoms with E-state index in [4.69, 9.17) is 15.6 Å². The third-order valence-corrected chi connectivity index (χ3v) is 3.12.